The largest absolute Gasteiger partial charge is 0.321 e. The fraction of sp³-hybridized carbons (Fsp3) is 0.100. The van der Waals surface area contributed by atoms with Gasteiger partial charge in [-0.25, -0.2) is 4.68 Å². The van der Waals surface area contributed by atoms with Gasteiger partial charge in [0, 0.05) is 23.2 Å². The lowest BCUT2D eigenvalue weighted by Crippen LogP contribution is -2.30. The molecule has 0 saturated carbocycles. The molecule has 0 aliphatic carbocycles. The van der Waals surface area contributed by atoms with Crippen molar-refractivity contribution >= 4 is 57.7 Å². The minimum Gasteiger partial charge on any atom is -0.321 e. The molecule has 0 saturated heterocycles. The highest BCUT2D eigenvalue weighted by molar-refractivity contribution is 8.00. The number of hydrogen-bond acceptors (Lipinski definition) is 5. The van der Waals surface area contributed by atoms with Crippen LogP contribution >= 0.6 is 11.8 Å². The third kappa shape index (κ3) is 7.45. The standard InChI is InChI=1S/C40H35N5O4S/c1-26-36(40(49)45(44(26)3)32-18-8-5-9-19-32)43-37(46)27(2)50-33-23-21-31(22-24-33)41-39(48)35(42-38(47)29-14-6-4-7-15-29)25-30-17-12-16-28-13-10-11-20-34(28)30/h4-25,27H,1-3H3,(H,41,48)(H,42,47)(H,43,46)/b35-25-. The van der Waals surface area contributed by atoms with Gasteiger partial charge in [-0.15, -0.1) is 11.8 Å². The maximum absolute atomic E-state index is 13.6. The van der Waals surface area contributed by atoms with Gasteiger partial charge in [-0.2, -0.15) is 0 Å². The molecule has 5 aromatic carbocycles. The maximum atomic E-state index is 13.6. The molecule has 6 rings (SSSR count). The molecular weight excluding hydrogens is 647 g/mol. The summed E-state index contributed by atoms with van der Waals surface area (Å²) in [6.07, 6.45) is 1.67. The zero-order chi connectivity index (χ0) is 35.2. The predicted octanol–water partition coefficient (Wildman–Crippen LogP) is 7.17. The Labute approximate surface area is 293 Å². The number of amides is 3. The number of benzene rings is 5. The fourth-order valence-corrected chi connectivity index (χ4v) is 6.35. The van der Waals surface area contributed by atoms with Crippen molar-refractivity contribution in [1.82, 2.24) is 14.7 Å². The number of fused-ring (bicyclic) bond motifs is 1. The first-order valence-electron chi connectivity index (χ1n) is 16.0. The van der Waals surface area contributed by atoms with Crippen LogP contribution in [0.2, 0.25) is 0 Å². The molecule has 0 fully saturated rings. The van der Waals surface area contributed by atoms with Crippen molar-refractivity contribution in [2.24, 2.45) is 7.05 Å². The average molecular weight is 682 g/mol. The third-order valence-electron chi connectivity index (χ3n) is 8.25. The highest BCUT2D eigenvalue weighted by atomic mass is 32.2. The molecule has 1 unspecified atom stereocenters. The topological polar surface area (TPSA) is 114 Å². The van der Waals surface area contributed by atoms with E-state index in [2.05, 4.69) is 16.0 Å². The van der Waals surface area contributed by atoms with Gasteiger partial charge in [0.05, 0.1) is 16.6 Å². The molecule has 50 heavy (non-hydrogen) atoms. The van der Waals surface area contributed by atoms with Crippen LogP contribution in [0.15, 0.2) is 143 Å². The van der Waals surface area contributed by atoms with Crippen LogP contribution in [0.1, 0.15) is 28.5 Å². The summed E-state index contributed by atoms with van der Waals surface area (Å²) < 4.78 is 3.24. The highest BCUT2D eigenvalue weighted by Gasteiger charge is 2.22. The second-order valence-electron chi connectivity index (χ2n) is 11.6. The van der Waals surface area contributed by atoms with Gasteiger partial charge < -0.3 is 16.0 Å². The van der Waals surface area contributed by atoms with E-state index < -0.39 is 17.1 Å². The summed E-state index contributed by atoms with van der Waals surface area (Å²) >= 11 is 1.32. The molecule has 6 aromatic rings. The van der Waals surface area contributed by atoms with Crippen LogP contribution in [0.3, 0.4) is 0 Å². The van der Waals surface area contributed by atoms with Gasteiger partial charge in [0.25, 0.3) is 17.4 Å². The van der Waals surface area contributed by atoms with Gasteiger partial charge in [-0.1, -0.05) is 78.9 Å². The van der Waals surface area contributed by atoms with E-state index in [1.165, 1.54) is 16.4 Å². The fourth-order valence-electron chi connectivity index (χ4n) is 5.48. The second kappa shape index (κ2) is 15.0. The second-order valence-corrected chi connectivity index (χ2v) is 13.0. The summed E-state index contributed by atoms with van der Waals surface area (Å²) in [7, 11) is 1.78. The minimum absolute atomic E-state index is 0.0847. The molecule has 3 N–H and O–H groups in total. The SMILES string of the molecule is Cc1c(NC(=O)C(C)Sc2ccc(NC(=O)/C(=C/c3cccc4ccccc34)NC(=O)c3ccccc3)cc2)c(=O)n(-c2ccccc2)n1C. The highest BCUT2D eigenvalue weighted by Crippen LogP contribution is 2.27. The molecular formula is C40H35N5O4S. The summed E-state index contributed by atoms with van der Waals surface area (Å²) in [5.74, 6) is -1.21. The van der Waals surface area contributed by atoms with E-state index in [9.17, 15) is 19.2 Å². The zero-order valence-corrected chi connectivity index (χ0v) is 28.5. The Hall–Kier alpha value is -6.13. The van der Waals surface area contributed by atoms with Crippen LogP contribution < -0.4 is 21.5 Å². The minimum atomic E-state index is -0.525. The molecule has 0 bridgehead atoms. The number of para-hydroxylation sites is 1. The number of nitrogens with one attached hydrogen (secondary N) is 3. The molecule has 1 aromatic heterocycles. The van der Waals surface area contributed by atoms with Crippen molar-refractivity contribution in [1.29, 1.82) is 0 Å². The van der Waals surface area contributed by atoms with Crippen molar-refractivity contribution in [3.8, 4) is 5.69 Å². The number of carbonyl (C=O) groups is 3. The summed E-state index contributed by atoms with van der Waals surface area (Å²) in [5.41, 5.74) is 3.07. The Kier molecular flexibility index (Phi) is 10.1. The van der Waals surface area contributed by atoms with E-state index in [4.69, 9.17) is 0 Å². The van der Waals surface area contributed by atoms with Crippen LogP contribution in [-0.4, -0.2) is 32.3 Å². The first kappa shape index (κ1) is 33.8. The summed E-state index contributed by atoms with van der Waals surface area (Å²) in [6, 6.07) is 38.6. The quantitative estimate of drug-likeness (QED) is 0.105. The maximum Gasteiger partial charge on any atom is 0.295 e. The number of nitrogens with zero attached hydrogens (tertiary/aromatic N) is 2. The van der Waals surface area contributed by atoms with E-state index in [1.54, 1.807) is 80.2 Å². The number of thioether (sulfide) groups is 1. The van der Waals surface area contributed by atoms with Crippen LogP contribution in [0.25, 0.3) is 22.5 Å². The van der Waals surface area contributed by atoms with Gasteiger partial charge in [-0.05, 0) is 84.8 Å². The number of aromatic nitrogens is 2. The van der Waals surface area contributed by atoms with Crippen molar-refractivity contribution in [3.63, 3.8) is 0 Å². The molecule has 1 atom stereocenters. The molecule has 3 amide bonds. The Morgan fingerprint density at radius 1 is 0.760 bits per heavy atom. The molecule has 0 aliphatic heterocycles. The van der Waals surface area contributed by atoms with E-state index in [0.29, 0.717) is 22.6 Å². The summed E-state index contributed by atoms with van der Waals surface area (Å²) in [4.78, 5) is 54.0. The Morgan fingerprint density at radius 2 is 1.40 bits per heavy atom. The predicted molar refractivity (Wildman–Crippen MR) is 201 cm³/mol. The summed E-state index contributed by atoms with van der Waals surface area (Å²) in [6.45, 7) is 3.56. The number of hydrogen-bond donors (Lipinski definition) is 3. The van der Waals surface area contributed by atoms with Crippen molar-refractivity contribution in [2.45, 2.75) is 24.0 Å². The van der Waals surface area contributed by atoms with Crippen LogP contribution in [0.4, 0.5) is 11.4 Å². The van der Waals surface area contributed by atoms with Crippen LogP contribution in [0, 0.1) is 6.92 Å². The molecule has 0 aliphatic rings. The average Bonchev–Trinajstić information content (AvgIpc) is 3.35. The van der Waals surface area contributed by atoms with Crippen molar-refractivity contribution in [2.75, 3.05) is 10.6 Å². The van der Waals surface area contributed by atoms with Gasteiger partial charge >= 0.3 is 0 Å². The molecule has 0 radical (unpaired) electrons. The van der Waals surface area contributed by atoms with Crippen LogP contribution in [0.5, 0.6) is 0 Å². The number of anilines is 2. The van der Waals surface area contributed by atoms with E-state index in [-0.39, 0.29) is 22.9 Å². The molecule has 9 nitrogen and oxygen atoms in total. The molecule has 1 heterocycles. The van der Waals surface area contributed by atoms with E-state index in [0.717, 1.165) is 21.2 Å². The summed E-state index contributed by atoms with van der Waals surface area (Å²) in [5, 5.41) is 9.93. The lowest BCUT2D eigenvalue weighted by Gasteiger charge is -2.13. The zero-order valence-electron chi connectivity index (χ0n) is 27.7. The lowest BCUT2D eigenvalue weighted by atomic mass is 10.0. The van der Waals surface area contributed by atoms with E-state index >= 15 is 0 Å². The van der Waals surface area contributed by atoms with Gasteiger partial charge in [0.15, 0.2) is 0 Å². The van der Waals surface area contributed by atoms with Crippen LogP contribution in [-0.2, 0) is 16.6 Å². The normalized spacial score (nSPS) is 11.9. The Morgan fingerprint density at radius 3 is 2.12 bits per heavy atom. The molecule has 10 heteroatoms. The number of carbonyl (C=O) groups excluding carboxylic acids is 3. The molecule has 0 spiro atoms. The Balaban J connectivity index is 1.16. The lowest BCUT2D eigenvalue weighted by molar-refractivity contribution is -0.115. The van der Waals surface area contributed by atoms with Crippen molar-refractivity contribution in [3.05, 3.63) is 160 Å². The number of rotatable bonds is 10. The Bertz CT molecular complexity index is 2270. The molecule has 250 valence electrons. The van der Waals surface area contributed by atoms with E-state index in [1.807, 2.05) is 78.9 Å². The monoisotopic (exact) mass is 681 g/mol. The van der Waals surface area contributed by atoms with Crippen molar-refractivity contribution < 1.29 is 14.4 Å². The van der Waals surface area contributed by atoms with Gasteiger partial charge in [0.2, 0.25) is 5.91 Å². The first-order valence-corrected chi connectivity index (χ1v) is 16.9. The van der Waals surface area contributed by atoms with Gasteiger partial charge in [-0.3, -0.25) is 23.9 Å². The third-order valence-corrected chi connectivity index (χ3v) is 9.36. The van der Waals surface area contributed by atoms with Gasteiger partial charge in [0.1, 0.15) is 11.4 Å². The smallest absolute Gasteiger partial charge is 0.295 e. The first-order chi connectivity index (χ1) is 24.2.